The largest absolute Gasteiger partial charge is 0.494 e. The standard InChI is InChI=1S/C24H22FN7O3/c1-26-19-9-21(31-32-20(11-28-23(19)32)24(34)30-18-8-15(18)25)29-17-5-3-4-14(22(17)35-2)16-7-6-13(12-33)10-27-16/h3-7,9-12,15,18,26H,8H2,1-2H3,(H,29,31)(H,30,34)/t15-,18+/m0/s1. The van der Waals surface area contributed by atoms with Crippen LogP contribution in [0.5, 0.6) is 5.75 Å². The molecule has 3 N–H and O–H groups in total. The number of methoxy groups -OCH3 is 1. The zero-order valence-corrected chi connectivity index (χ0v) is 18.9. The van der Waals surface area contributed by atoms with Crippen LogP contribution in [0, 0.1) is 0 Å². The lowest BCUT2D eigenvalue weighted by molar-refractivity contribution is 0.0940. The molecule has 1 aliphatic carbocycles. The quantitative estimate of drug-likeness (QED) is 0.332. The van der Waals surface area contributed by atoms with Crippen molar-refractivity contribution < 1.29 is 18.7 Å². The van der Waals surface area contributed by atoms with Gasteiger partial charge in [-0.05, 0) is 24.3 Å². The fourth-order valence-electron chi connectivity index (χ4n) is 3.75. The summed E-state index contributed by atoms with van der Waals surface area (Å²) in [5, 5.41) is 13.5. The number of fused-ring (bicyclic) bond motifs is 1. The average Bonchev–Trinajstić information content (AvgIpc) is 3.40. The van der Waals surface area contributed by atoms with Crippen molar-refractivity contribution in [2.75, 3.05) is 24.8 Å². The smallest absolute Gasteiger partial charge is 0.271 e. The topological polar surface area (TPSA) is 123 Å². The molecule has 1 aliphatic rings. The van der Waals surface area contributed by atoms with E-state index < -0.39 is 18.1 Å². The summed E-state index contributed by atoms with van der Waals surface area (Å²) in [4.78, 5) is 32.3. The number of carbonyl (C=O) groups excluding carboxylic acids is 2. The second-order valence-corrected chi connectivity index (χ2v) is 8.01. The van der Waals surface area contributed by atoms with Crippen molar-refractivity contribution in [2.45, 2.75) is 18.6 Å². The fourth-order valence-corrected chi connectivity index (χ4v) is 3.75. The van der Waals surface area contributed by atoms with E-state index in [0.29, 0.717) is 46.3 Å². The highest BCUT2D eigenvalue weighted by Gasteiger charge is 2.39. The second-order valence-electron chi connectivity index (χ2n) is 8.01. The molecule has 0 bridgehead atoms. The van der Waals surface area contributed by atoms with E-state index in [0.717, 1.165) is 11.8 Å². The lowest BCUT2D eigenvalue weighted by Gasteiger charge is -2.15. The van der Waals surface area contributed by atoms with Crippen LogP contribution in [0.1, 0.15) is 27.3 Å². The molecule has 0 aliphatic heterocycles. The van der Waals surface area contributed by atoms with Crippen molar-refractivity contribution in [1.29, 1.82) is 0 Å². The van der Waals surface area contributed by atoms with Crippen molar-refractivity contribution in [2.24, 2.45) is 0 Å². The first-order valence-electron chi connectivity index (χ1n) is 10.9. The third-order valence-corrected chi connectivity index (χ3v) is 5.68. The SMILES string of the molecule is CNc1cc(Nc2cccc(-c3ccc(C=O)cn3)c2OC)nn2c(C(=O)N[C@@H]3C[C@@H]3F)cnc12. The Morgan fingerprint density at radius 1 is 1.20 bits per heavy atom. The van der Waals surface area contributed by atoms with Gasteiger partial charge in [0.15, 0.2) is 29.2 Å². The average molecular weight is 475 g/mol. The van der Waals surface area contributed by atoms with Crippen LogP contribution in [0.3, 0.4) is 0 Å². The van der Waals surface area contributed by atoms with E-state index in [4.69, 9.17) is 4.74 Å². The number of nitrogens with one attached hydrogen (secondary N) is 3. The third kappa shape index (κ3) is 4.23. The number of imidazole rings is 1. The summed E-state index contributed by atoms with van der Waals surface area (Å²) in [7, 11) is 3.29. The minimum atomic E-state index is -1.01. The lowest BCUT2D eigenvalue weighted by Crippen LogP contribution is -2.28. The van der Waals surface area contributed by atoms with Gasteiger partial charge in [-0.2, -0.15) is 0 Å². The van der Waals surface area contributed by atoms with Gasteiger partial charge in [-0.3, -0.25) is 14.6 Å². The highest BCUT2D eigenvalue weighted by Crippen LogP contribution is 2.37. The molecular formula is C24H22FN7O3. The maximum Gasteiger partial charge on any atom is 0.271 e. The maximum atomic E-state index is 13.3. The zero-order chi connectivity index (χ0) is 24.5. The molecule has 1 aromatic carbocycles. The molecule has 3 aromatic heterocycles. The Hall–Kier alpha value is -4.54. The number of carbonyl (C=O) groups is 2. The van der Waals surface area contributed by atoms with Crippen LogP contribution >= 0.6 is 0 Å². The number of ether oxygens (including phenoxy) is 1. The molecule has 1 saturated carbocycles. The molecule has 1 amide bonds. The fraction of sp³-hybridized carbons (Fsp3) is 0.208. The molecule has 4 aromatic rings. The van der Waals surface area contributed by atoms with Gasteiger partial charge in [-0.1, -0.05) is 6.07 Å². The van der Waals surface area contributed by atoms with E-state index in [-0.39, 0.29) is 5.69 Å². The van der Waals surface area contributed by atoms with E-state index in [2.05, 4.69) is 31.0 Å². The molecule has 0 saturated heterocycles. The Balaban J connectivity index is 1.51. The molecule has 11 heteroatoms. The number of amides is 1. The number of para-hydroxylation sites is 1. The first-order chi connectivity index (χ1) is 17.0. The monoisotopic (exact) mass is 475 g/mol. The Kier molecular flexibility index (Phi) is 5.73. The summed E-state index contributed by atoms with van der Waals surface area (Å²) < 4.78 is 20.4. The summed E-state index contributed by atoms with van der Waals surface area (Å²) in [6.45, 7) is 0. The van der Waals surface area contributed by atoms with Gasteiger partial charge in [0.1, 0.15) is 6.17 Å². The van der Waals surface area contributed by atoms with Gasteiger partial charge < -0.3 is 20.7 Å². The summed E-state index contributed by atoms with van der Waals surface area (Å²) >= 11 is 0. The Morgan fingerprint density at radius 3 is 2.69 bits per heavy atom. The summed E-state index contributed by atoms with van der Waals surface area (Å²) in [5.74, 6) is 0.500. The molecule has 2 atom stereocenters. The van der Waals surface area contributed by atoms with Crippen LogP contribution < -0.4 is 20.7 Å². The maximum absolute atomic E-state index is 13.3. The first kappa shape index (κ1) is 22.3. The summed E-state index contributed by atoms with van der Waals surface area (Å²) in [6, 6.07) is 10.2. The number of nitrogens with zero attached hydrogens (tertiary/aromatic N) is 4. The molecule has 10 nitrogen and oxygen atoms in total. The van der Waals surface area contributed by atoms with E-state index in [9.17, 15) is 14.0 Å². The third-order valence-electron chi connectivity index (χ3n) is 5.68. The Morgan fingerprint density at radius 2 is 2.03 bits per heavy atom. The number of hydrogen-bond donors (Lipinski definition) is 3. The number of rotatable bonds is 8. The Bertz CT molecular complexity index is 1420. The van der Waals surface area contributed by atoms with Crippen LogP contribution in [0.25, 0.3) is 16.9 Å². The van der Waals surface area contributed by atoms with E-state index in [1.54, 1.807) is 32.4 Å². The molecular weight excluding hydrogens is 453 g/mol. The predicted octanol–water partition coefficient (Wildman–Crippen LogP) is 3.24. The number of halogens is 1. The van der Waals surface area contributed by atoms with Crippen LogP contribution in [0.15, 0.2) is 48.8 Å². The molecule has 0 unspecified atom stereocenters. The highest BCUT2D eigenvalue weighted by molar-refractivity contribution is 5.94. The number of alkyl halides is 1. The van der Waals surface area contributed by atoms with E-state index >= 15 is 0 Å². The van der Waals surface area contributed by atoms with Gasteiger partial charge in [0.05, 0.1) is 36.4 Å². The van der Waals surface area contributed by atoms with E-state index in [1.807, 2.05) is 18.2 Å². The van der Waals surface area contributed by atoms with Gasteiger partial charge in [0, 0.05) is 36.9 Å². The predicted molar refractivity (Wildman–Crippen MR) is 128 cm³/mol. The van der Waals surface area contributed by atoms with Crippen molar-refractivity contribution in [1.82, 2.24) is 24.9 Å². The van der Waals surface area contributed by atoms with E-state index in [1.165, 1.54) is 16.9 Å². The van der Waals surface area contributed by atoms with Crippen molar-refractivity contribution in [3.05, 3.63) is 60.0 Å². The van der Waals surface area contributed by atoms with Crippen molar-refractivity contribution >= 4 is 35.0 Å². The lowest BCUT2D eigenvalue weighted by atomic mass is 10.1. The number of benzene rings is 1. The summed E-state index contributed by atoms with van der Waals surface area (Å²) in [5.41, 5.74) is 3.73. The van der Waals surface area contributed by atoms with Crippen molar-refractivity contribution in [3.8, 4) is 17.0 Å². The molecule has 178 valence electrons. The number of aromatic nitrogens is 4. The Labute approximate surface area is 199 Å². The number of anilines is 3. The van der Waals surface area contributed by atoms with Crippen LogP contribution in [-0.2, 0) is 0 Å². The molecule has 3 heterocycles. The van der Waals surface area contributed by atoms with Crippen LogP contribution in [0.4, 0.5) is 21.6 Å². The van der Waals surface area contributed by atoms with Gasteiger partial charge >= 0.3 is 0 Å². The molecule has 1 fully saturated rings. The minimum absolute atomic E-state index is 0.194. The zero-order valence-electron chi connectivity index (χ0n) is 18.9. The molecule has 0 radical (unpaired) electrons. The molecule has 35 heavy (non-hydrogen) atoms. The van der Waals surface area contributed by atoms with Gasteiger partial charge in [0.2, 0.25) is 0 Å². The highest BCUT2D eigenvalue weighted by atomic mass is 19.1. The van der Waals surface area contributed by atoms with Gasteiger partial charge in [-0.15, -0.1) is 5.10 Å². The summed E-state index contributed by atoms with van der Waals surface area (Å²) in [6.07, 6.45) is 2.94. The first-order valence-corrected chi connectivity index (χ1v) is 10.9. The van der Waals surface area contributed by atoms with Gasteiger partial charge in [-0.25, -0.2) is 13.9 Å². The number of aldehydes is 1. The van der Waals surface area contributed by atoms with Gasteiger partial charge in [0.25, 0.3) is 5.91 Å². The second kappa shape index (κ2) is 9.01. The van der Waals surface area contributed by atoms with Crippen molar-refractivity contribution in [3.63, 3.8) is 0 Å². The number of hydrogen-bond acceptors (Lipinski definition) is 8. The number of pyridine rings is 1. The normalized spacial score (nSPS) is 16.5. The minimum Gasteiger partial charge on any atom is -0.494 e. The van der Waals surface area contributed by atoms with Crippen LogP contribution in [0.2, 0.25) is 0 Å². The molecule has 5 rings (SSSR count). The van der Waals surface area contributed by atoms with Crippen LogP contribution in [-0.4, -0.2) is 58.1 Å². The molecule has 0 spiro atoms.